The number of pyridine rings is 1. The van der Waals surface area contributed by atoms with Gasteiger partial charge in [-0.1, -0.05) is 20.8 Å². The third kappa shape index (κ3) is 3.11. The maximum atomic E-state index is 7.72. The number of rotatable bonds is 2. The first kappa shape index (κ1) is 14.8. The fraction of sp³-hybridized carbons (Fsp3) is 0.625. The molecule has 0 amide bonds. The van der Waals surface area contributed by atoms with Crippen molar-refractivity contribution in [2.24, 2.45) is 17.1 Å². The zero-order valence-electron chi connectivity index (χ0n) is 13.0. The topological polar surface area (TPSA) is 66.0 Å². The highest BCUT2D eigenvalue weighted by molar-refractivity contribution is 5.99. The van der Waals surface area contributed by atoms with Crippen molar-refractivity contribution in [3.63, 3.8) is 0 Å². The molecule has 0 radical (unpaired) electrons. The lowest BCUT2D eigenvalue weighted by Gasteiger charge is -2.39. The molecule has 0 aromatic carbocycles. The van der Waals surface area contributed by atoms with E-state index < -0.39 is 0 Å². The number of nitrogens with one attached hydrogen (secondary N) is 1. The van der Waals surface area contributed by atoms with Crippen LogP contribution in [0.25, 0.3) is 0 Å². The highest BCUT2D eigenvalue weighted by Crippen LogP contribution is 2.35. The van der Waals surface area contributed by atoms with Gasteiger partial charge in [0.25, 0.3) is 0 Å². The summed E-state index contributed by atoms with van der Waals surface area (Å²) >= 11 is 0. The van der Waals surface area contributed by atoms with Crippen LogP contribution in [0.3, 0.4) is 0 Å². The summed E-state index contributed by atoms with van der Waals surface area (Å²) in [7, 11) is 0. The van der Waals surface area contributed by atoms with Crippen LogP contribution < -0.4 is 10.6 Å². The van der Waals surface area contributed by atoms with Gasteiger partial charge in [-0.2, -0.15) is 0 Å². The quantitative estimate of drug-likeness (QED) is 0.643. The first-order valence-corrected chi connectivity index (χ1v) is 7.36. The summed E-state index contributed by atoms with van der Waals surface area (Å²) in [6, 6.07) is 3.83. The van der Waals surface area contributed by atoms with Crippen LogP contribution in [0.4, 0.5) is 5.82 Å². The molecular formula is C16H26N4. The normalized spacial score (nSPS) is 17.3. The smallest absolute Gasteiger partial charge is 0.139 e. The summed E-state index contributed by atoms with van der Waals surface area (Å²) in [6.45, 7) is 10.9. The van der Waals surface area contributed by atoms with E-state index in [0.29, 0.717) is 5.41 Å². The van der Waals surface area contributed by atoms with Gasteiger partial charge in [0.15, 0.2) is 0 Å². The van der Waals surface area contributed by atoms with Crippen molar-refractivity contribution in [2.45, 2.75) is 40.5 Å². The number of hydrogen-bond donors (Lipinski definition) is 2. The molecule has 0 bridgehead atoms. The van der Waals surface area contributed by atoms with Gasteiger partial charge in [0.05, 0.1) is 5.56 Å². The van der Waals surface area contributed by atoms with Crippen LogP contribution in [0.2, 0.25) is 0 Å². The molecule has 20 heavy (non-hydrogen) atoms. The van der Waals surface area contributed by atoms with Crippen LogP contribution in [-0.2, 0) is 0 Å². The highest BCUT2D eigenvalue weighted by Gasteiger charge is 2.30. The summed E-state index contributed by atoms with van der Waals surface area (Å²) in [5, 5.41) is 7.72. The molecule has 1 saturated heterocycles. The minimum atomic E-state index is 0.102. The molecule has 3 N–H and O–H groups in total. The van der Waals surface area contributed by atoms with Gasteiger partial charge in [0, 0.05) is 18.8 Å². The lowest BCUT2D eigenvalue weighted by molar-refractivity contribution is 0.198. The predicted octanol–water partition coefficient (Wildman–Crippen LogP) is 2.94. The van der Waals surface area contributed by atoms with Crippen LogP contribution in [0, 0.1) is 23.7 Å². The molecule has 1 aromatic heterocycles. The number of piperidine rings is 1. The van der Waals surface area contributed by atoms with Crippen molar-refractivity contribution in [3.05, 3.63) is 23.4 Å². The van der Waals surface area contributed by atoms with E-state index in [1.807, 2.05) is 19.1 Å². The van der Waals surface area contributed by atoms with Crippen molar-refractivity contribution in [1.82, 2.24) is 4.98 Å². The molecule has 0 saturated carbocycles. The van der Waals surface area contributed by atoms with E-state index >= 15 is 0 Å². The molecule has 2 rings (SSSR count). The van der Waals surface area contributed by atoms with Crippen molar-refractivity contribution in [1.29, 1.82) is 5.41 Å². The minimum Gasteiger partial charge on any atom is -0.384 e. The van der Waals surface area contributed by atoms with Gasteiger partial charge >= 0.3 is 0 Å². The standard InChI is InChI=1S/C16H26N4/c1-11-5-6-13(14(17)18)15(19-11)20-9-7-12(8-10-20)16(2,3)4/h5-6,12H,7-10H2,1-4H3,(H3,17,18). The molecule has 1 fully saturated rings. The van der Waals surface area contributed by atoms with Crippen LogP contribution in [0.15, 0.2) is 12.1 Å². The first-order chi connectivity index (χ1) is 9.29. The van der Waals surface area contributed by atoms with Crippen LogP contribution in [0.5, 0.6) is 0 Å². The van der Waals surface area contributed by atoms with Gasteiger partial charge in [-0.05, 0) is 43.2 Å². The number of nitrogens with two attached hydrogens (primary N) is 1. The average molecular weight is 274 g/mol. The van der Waals surface area contributed by atoms with Gasteiger partial charge in [-0.15, -0.1) is 0 Å². The summed E-state index contributed by atoms with van der Waals surface area (Å²) in [5.41, 5.74) is 7.78. The molecule has 2 heterocycles. The van der Waals surface area contributed by atoms with Gasteiger partial charge in [0.2, 0.25) is 0 Å². The zero-order valence-corrected chi connectivity index (χ0v) is 13.0. The minimum absolute atomic E-state index is 0.102. The molecule has 4 heteroatoms. The SMILES string of the molecule is Cc1ccc(C(=N)N)c(N2CCC(C(C)(C)C)CC2)n1. The van der Waals surface area contributed by atoms with E-state index in [4.69, 9.17) is 11.1 Å². The Morgan fingerprint density at radius 1 is 1.30 bits per heavy atom. The fourth-order valence-corrected chi connectivity index (χ4v) is 2.95. The molecule has 4 nitrogen and oxygen atoms in total. The molecule has 1 aliphatic heterocycles. The van der Waals surface area contributed by atoms with Gasteiger partial charge in [0.1, 0.15) is 11.7 Å². The Balaban J connectivity index is 2.18. The average Bonchev–Trinajstić information content (AvgIpc) is 2.37. The van der Waals surface area contributed by atoms with Crippen molar-refractivity contribution in [3.8, 4) is 0 Å². The van der Waals surface area contributed by atoms with Gasteiger partial charge in [-0.25, -0.2) is 4.98 Å². The van der Waals surface area contributed by atoms with Gasteiger partial charge in [-0.3, -0.25) is 5.41 Å². The second-order valence-corrected chi connectivity index (χ2v) is 6.86. The van der Waals surface area contributed by atoms with Crippen LogP contribution in [0.1, 0.15) is 44.9 Å². The fourth-order valence-electron chi connectivity index (χ4n) is 2.95. The first-order valence-electron chi connectivity index (χ1n) is 7.36. The Morgan fingerprint density at radius 3 is 2.40 bits per heavy atom. The molecule has 0 unspecified atom stereocenters. The number of amidine groups is 1. The molecule has 0 atom stereocenters. The van der Waals surface area contributed by atoms with E-state index in [-0.39, 0.29) is 5.84 Å². The molecule has 0 spiro atoms. The summed E-state index contributed by atoms with van der Waals surface area (Å²) in [4.78, 5) is 6.89. The zero-order chi connectivity index (χ0) is 14.9. The summed E-state index contributed by atoms with van der Waals surface area (Å²) in [6.07, 6.45) is 2.35. The molecule has 1 aromatic rings. The summed E-state index contributed by atoms with van der Waals surface area (Å²) in [5.74, 6) is 1.74. The number of aryl methyl sites for hydroxylation is 1. The molecular weight excluding hydrogens is 248 g/mol. The van der Waals surface area contributed by atoms with E-state index in [9.17, 15) is 0 Å². The second-order valence-electron chi connectivity index (χ2n) is 6.86. The van der Waals surface area contributed by atoms with Crippen LogP contribution in [-0.4, -0.2) is 23.9 Å². The second kappa shape index (κ2) is 5.43. The highest BCUT2D eigenvalue weighted by atomic mass is 15.2. The Kier molecular flexibility index (Phi) is 4.02. The number of nitrogen functional groups attached to an aromatic ring is 1. The largest absolute Gasteiger partial charge is 0.384 e. The van der Waals surface area contributed by atoms with Crippen LogP contribution >= 0.6 is 0 Å². The molecule has 0 aliphatic carbocycles. The molecule has 110 valence electrons. The predicted molar refractivity (Wildman–Crippen MR) is 84.4 cm³/mol. The number of aromatic nitrogens is 1. The number of nitrogens with zero attached hydrogens (tertiary/aromatic N) is 2. The van der Waals surface area contributed by atoms with E-state index in [1.165, 1.54) is 12.8 Å². The van der Waals surface area contributed by atoms with Gasteiger partial charge < -0.3 is 10.6 Å². The van der Waals surface area contributed by atoms with E-state index in [0.717, 1.165) is 36.1 Å². The maximum Gasteiger partial charge on any atom is 0.139 e. The van der Waals surface area contributed by atoms with Crippen molar-refractivity contribution in [2.75, 3.05) is 18.0 Å². The Bertz CT molecular complexity index is 494. The van der Waals surface area contributed by atoms with Crippen molar-refractivity contribution >= 4 is 11.7 Å². The van der Waals surface area contributed by atoms with E-state index in [2.05, 4.69) is 30.7 Å². The monoisotopic (exact) mass is 274 g/mol. The summed E-state index contributed by atoms with van der Waals surface area (Å²) < 4.78 is 0. The maximum absolute atomic E-state index is 7.72. The van der Waals surface area contributed by atoms with E-state index in [1.54, 1.807) is 0 Å². The Morgan fingerprint density at radius 2 is 1.90 bits per heavy atom. The van der Waals surface area contributed by atoms with Crippen molar-refractivity contribution < 1.29 is 0 Å². The number of hydrogen-bond acceptors (Lipinski definition) is 3. The lowest BCUT2D eigenvalue weighted by Crippen LogP contribution is -2.39. The Hall–Kier alpha value is -1.58. The number of anilines is 1. The lowest BCUT2D eigenvalue weighted by atomic mass is 9.75. The third-order valence-corrected chi connectivity index (χ3v) is 4.32. The molecule has 1 aliphatic rings. The Labute approximate surface area is 121 Å². The third-order valence-electron chi connectivity index (χ3n) is 4.32.